The molecule has 1 aromatic rings. The van der Waals surface area contributed by atoms with Crippen LogP contribution < -0.4 is 0 Å². The quantitative estimate of drug-likeness (QED) is 0.808. The highest BCUT2D eigenvalue weighted by Crippen LogP contribution is 2.16. The molecular formula is C18H26N4O3. The largest absolute Gasteiger partial charge is 0.365 e. The number of carbonyl (C=O) groups is 2. The van der Waals surface area contributed by atoms with Crippen LogP contribution in [0.3, 0.4) is 0 Å². The van der Waals surface area contributed by atoms with Crippen molar-refractivity contribution in [2.24, 2.45) is 0 Å². The first-order valence-corrected chi connectivity index (χ1v) is 9.06. The smallest absolute Gasteiger partial charge is 0.257 e. The molecule has 2 fully saturated rings. The summed E-state index contributed by atoms with van der Waals surface area (Å²) in [6, 6.07) is 0. The monoisotopic (exact) mass is 346 g/mol. The van der Waals surface area contributed by atoms with Gasteiger partial charge in [-0.05, 0) is 26.7 Å². The van der Waals surface area contributed by atoms with Gasteiger partial charge in [-0.1, -0.05) is 12.8 Å². The second-order valence-corrected chi connectivity index (χ2v) is 6.77. The van der Waals surface area contributed by atoms with Gasteiger partial charge in [-0.25, -0.2) is 9.97 Å². The molecule has 0 aromatic carbocycles. The van der Waals surface area contributed by atoms with E-state index in [9.17, 15) is 9.59 Å². The van der Waals surface area contributed by atoms with E-state index in [1.807, 2.05) is 11.8 Å². The van der Waals surface area contributed by atoms with E-state index in [0.717, 1.165) is 25.9 Å². The number of amides is 2. The summed E-state index contributed by atoms with van der Waals surface area (Å²) in [6.07, 6.45) is 5.44. The van der Waals surface area contributed by atoms with E-state index >= 15 is 0 Å². The molecule has 7 heteroatoms. The topological polar surface area (TPSA) is 75.6 Å². The summed E-state index contributed by atoms with van der Waals surface area (Å²) < 4.78 is 5.68. The SMILES string of the molecule is Cc1ncc(C(=O)N2CCOC(C(=O)N3CCCCCC3)C2)c(C)n1. The van der Waals surface area contributed by atoms with Crippen LogP contribution in [0.1, 0.15) is 47.6 Å². The van der Waals surface area contributed by atoms with Gasteiger partial charge in [-0.15, -0.1) is 0 Å². The molecule has 0 bridgehead atoms. The number of nitrogens with zero attached hydrogens (tertiary/aromatic N) is 4. The molecule has 136 valence electrons. The Kier molecular flexibility index (Phi) is 5.63. The Labute approximate surface area is 148 Å². The maximum absolute atomic E-state index is 12.8. The molecule has 0 radical (unpaired) electrons. The maximum Gasteiger partial charge on any atom is 0.257 e. The molecule has 2 aliphatic rings. The predicted molar refractivity (Wildman–Crippen MR) is 92.2 cm³/mol. The fraction of sp³-hybridized carbons (Fsp3) is 0.667. The second-order valence-electron chi connectivity index (χ2n) is 6.77. The lowest BCUT2D eigenvalue weighted by Gasteiger charge is -2.35. The predicted octanol–water partition coefficient (Wildman–Crippen LogP) is 1.34. The Morgan fingerprint density at radius 2 is 1.80 bits per heavy atom. The zero-order chi connectivity index (χ0) is 17.8. The Balaban J connectivity index is 1.67. The molecule has 25 heavy (non-hydrogen) atoms. The molecule has 0 spiro atoms. The van der Waals surface area contributed by atoms with Crippen molar-refractivity contribution in [2.45, 2.75) is 45.6 Å². The summed E-state index contributed by atoms with van der Waals surface area (Å²) in [7, 11) is 0. The number of rotatable bonds is 2. The molecule has 2 aliphatic heterocycles. The van der Waals surface area contributed by atoms with Gasteiger partial charge in [0.1, 0.15) is 5.82 Å². The number of aryl methyl sites for hydroxylation is 2. The molecule has 3 rings (SSSR count). The van der Waals surface area contributed by atoms with Crippen LogP contribution in [0, 0.1) is 13.8 Å². The van der Waals surface area contributed by atoms with Crippen molar-refractivity contribution < 1.29 is 14.3 Å². The van der Waals surface area contributed by atoms with Crippen molar-refractivity contribution in [3.8, 4) is 0 Å². The Morgan fingerprint density at radius 3 is 2.48 bits per heavy atom. The molecule has 0 aliphatic carbocycles. The summed E-state index contributed by atoms with van der Waals surface area (Å²) in [5.41, 5.74) is 1.16. The normalized spacial score (nSPS) is 21.8. The molecule has 2 amide bonds. The summed E-state index contributed by atoms with van der Waals surface area (Å²) in [5.74, 6) is 0.524. The molecule has 1 unspecified atom stereocenters. The lowest BCUT2D eigenvalue weighted by molar-refractivity contribution is -0.148. The van der Waals surface area contributed by atoms with Crippen molar-refractivity contribution in [3.63, 3.8) is 0 Å². The molecule has 7 nitrogen and oxygen atoms in total. The highest BCUT2D eigenvalue weighted by molar-refractivity contribution is 5.95. The molecule has 1 atom stereocenters. The van der Waals surface area contributed by atoms with Crippen molar-refractivity contribution in [3.05, 3.63) is 23.3 Å². The van der Waals surface area contributed by atoms with Gasteiger partial charge in [-0.3, -0.25) is 9.59 Å². The van der Waals surface area contributed by atoms with E-state index in [4.69, 9.17) is 4.74 Å². The molecule has 3 heterocycles. The van der Waals surface area contributed by atoms with Crippen LogP contribution in [0.15, 0.2) is 6.20 Å². The maximum atomic E-state index is 12.8. The standard InChI is InChI=1S/C18H26N4O3/c1-13-15(11-19-14(2)20-13)17(23)22-9-10-25-16(12-22)18(24)21-7-5-3-4-6-8-21/h11,16H,3-10,12H2,1-2H3. The highest BCUT2D eigenvalue weighted by Gasteiger charge is 2.33. The van der Waals surface area contributed by atoms with Crippen molar-refractivity contribution in [1.82, 2.24) is 19.8 Å². The van der Waals surface area contributed by atoms with E-state index in [1.165, 1.54) is 12.8 Å². The van der Waals surface area contributed by atoms with Crippen molar-refractivity contribution in [2.75, 3.05) is 32.8 Å². The molecule has 0 N–H and O–H groups in total. The van der Waals surface area contributed by atoms with Gasteiger partial charge in [0, 0.05) is 25.8 Å². The first-order valence-electron chi connectivity index (χ1n) is 9.06. The number of morpholine rings is 1. The molecule has 1 aromatic heterocycles. The van der Waals surface area contributed by atoms with Gasteiger partial charge in [-0.2, -0.15) is 0 Å². The Bertz CT molecular complexity index is 641. The fourth-order valence-corrected chi connectivity index (χ4v) is 3.44. The van der Waals surface area contributed by atoms with Crippen LogP contribution in [0.5, 0.6) is 0 Å². The number of ether oxygens (including phenoxy) is 1. The minimum atomic E-state index is -0.567. The first-order chi connectivity index (χ1) is 12.1. The van der Waals surface area contributed by atoms with E-state index in [2.05, 4.69) is 9.97 Å². The zero-order valence-electron chi connectivity index (χ0n) is 15.0. The number of hydrogen-bond donors (Lipinski definition) is 0. The van der Waals surface area contributed by atoms with Crippen LogP contribution in [0.2, 0.25) is 0 Å². The minimum absolute atomic E-state index is 0.0104. The van der Waals surface area contributed by atoms with Crippen molar-refractivity contribution >= 4 is 11.8 Å². The Hall–Kier alpha value is -2.02. The summed E-state index contributed by atoms with van der Waals surface area (Å²) >= 11 is 0. The van der Waals surface area contributed by atoms with E-state index < -0.39 is 6.10 Å². The number of carbonyl (C=O) groups excluding carboxylic acids is 2. The first kappa shape index (κ1) is 17.8. The van der Waals surface area contributed by atoms with Gasteiger partial charge < -0.3 is 14.5 Å². The van der Waals surface area contributed by atoms with Crippen molar-refractivity contribution in [1.29, 1.82) is 0 Å². The van der Waals surface area contributed by atoms with Crippen LogP contribution >= 0.6 is 0 Å². The third kappa shape index (κ3) is 4.15. The van der Waals surface area contributed by atoms with Crippen LogP contribution in [-0.2, 0) is 9.53 Å². The minimum Gasteiger partial charge on any atom is -0.365 e. The lowest BCUT2D eigenvalue weighted by atomic mass is 10.1. The van der Waals surface area contributed by atoms with Crippen LogP contribution in [0.25, 0.3) is 0 Å². The second kappa shape index (κ2) is 7.91. The zero-order valence-corrected chi connectivity index (χ0v) is 15.0. The van der Waals surface area contributed by atoms with E-state index in [-0.39, 0.29) is 11.8 Å². The molecular weight excluding hydrogens is 320 g/mol. The average Bonchev–Trinajstić information content (AvgIpc) is 2.90. The van der Waals surface area contributed by atoms with Gasteiger partial charge in [0.05, 0.1) is 24.4 Å². The summed E-state index contributed by atoms with van der Waals surface area (Å²) in [6.45, 7) is 6.34. The average molecular weight is 346 g/mol. The number of likely N-dealkylation sites (tertiary alicyclic amines) is 1. The van der Waals surface area contributed by atoms with Gasteiger partial charge >= 0.3 is 0 Å². The summed E-state index contributed by atoms with van der Waals surface area (Å²) in [5, 5.41) is 0. The molecule has 0 saturated carbocycles. The highest BCUT2D eigenvalue weighted by atomic mass is 16.5. The fourth-order valence-electron chi connectivity index (χ4n) is 3.44. The lowest BCUT2D eigenvalue weighted by Crippen LogP contribution is -2.52. The Morgan fingerprint density at radius 1 is 1.08 bits per heavy atom. The van der Waals surface area contributed by atoms with Gasteiger partial charge in [0.15, 0.2) is 6.10 Å². The molecule has 2 saturated heterocycles. The van der Waals surface area contributed by atoms with Gasteiger partial charge in [0.25, 0.3) is 11.8 Å². The van der Waals surface area contributed by atoms with Crippen LogP contribution in [0.4, 0.5) is 0 Å². The number of hydrogen-bond acceptors (Lipinski definition) is 5. The van der Waals surface area contributed by atoms with Crippen LogP contribution in [-0.4, -0.2) is 70.5 Å². The van der Waals surface area contributed by atoms with Gasteiger partial charge in [0.2, 0.25) is 0 Å². The van der Waals surface area contributed by atoms with E-state index in [0.29, 0.717) is 36.8 Å². The summed E-state index contributed by atoms with van der Waals surface area (Å²) in [4.78, 5) is 37.5. The van der Waals surface area contributed by atoms with E-state index in [1.54, 1.807) is 18.0 Å². The third-order valence-corrected chi connectivity index (χ3v) is 4.88. The third-order valence-electron chi connectivity index (χ3n) is 4.88. The number of aromatic nitrogens is 2.